The lowest BCUT2D eigenvalue weighted by atomic mass is 10.1. The van der Waals surface area contributed by atoms with Gasteiger partial charge in [0, 0.05) is 16.6 Å². The van der Waals surface area contributed by atoms with Gasteiger partial charge in [0.1, 0.15) is 6.04 Å². The number of esters is 1. The molecule has 5 nitrogen and oxygen atoms in total. The fraction of sp³-hybridized carbons (Fsp3) is 0.273. The molecule has 0 aliphatic rings. The van der Waals surface area contributed by atoms with E-state index in [0.29, 0.717) is 5.56 Å². The molecule has 1 atom stereocenters. The second kappa shape index (κ2) is 6.48. The zero-order chi connectivity index (χ0) is 12.8. The van der Waals surface area contributed by atoms with Crippen molar-refractivity contribution in [3.8, 4) is 0 Å². The molecule has 0 amide bonds. The molecule has 0 aliphatic carbocycles. The first-order chi connectivity index (χ1) is 8.04. The van der Waals surface area contributed by atoms with E-state index in [4.69, 9.17) is 16.2 Å². The number of benzene rings is 1. The molecule has 0 aliphatic heterocycles. The molecule has 1 aromatic carbocycles. The quantitative estimate of drug-likeness (QED) is 0.608. The summed E-state index contributed by atoms with van der Waals surface area (Å²) in [4.78, 5) is 22.8. The minimum Gasteiger partial charge on any atom is -0.456 e. The summed E-state index contributed by atoms with van der Waals surface area (Å²) in [6.45, 7) is -0.334. The van der Waals surface area contributed by atoms with Crippen molar-refractivity contribution in [1.29, 1.82) is 0 Å². The number of rotatable bonds is 5. The second-order valence-corrected chi connectivity index (χ2v) is 4.30. The lowest BCUT2D eigenvalue weighted by Gasteiger charge is -2.08. The van der Waals surface area contributed by atoms with Crippen LogP contribution in [0.4, 0.5) is 0 Å². The fourth-order valence-corrected chi connectivity index (χ4v) is 1.32. The monoisotopic (exact) mass is 300 g/mol. The molecular weight excluding hydrogens is 288 g/mol. The van der Waals surface area contributed by atoms with Crippen LogP contribution in [0.5, 0.6) is 0 Å². The van der Waals surface area contributed by atoms with Gasteiger partial charge < -0.3 is 16.2 Å². The number of ether oxygens (including phenoxy) is 1. The molecule has 0 fully saturated rings. The normalized spacial score (nSPS) is 11.9. The van der Waals surface area contributed by atoms with E-state index in [0.717, 1.165) is 4.47 Å². The molecule has 0 radical (unpaired) electrons. The average Bonchev–Trinajstić information content (AvgIpc) is 2.35. The predicted octanol–water partition coefficient (Wildman–Crippen LogP) is 0.461. The summed E-state index contributed by atoms with van der Waals surface area (Å²) in [7, 11) is 0. The molecule has 0 spiro atoms. The summed E-state index contributed by atoms with van der Waals surface area (Å²) in [6.07, 6.45) is 0. The first kappa shape index (κ1) is 13.8. The molecule has 6 heteroatoms. The number of ketones is 1. The van der Waals surface area contributed by atoms with Crippen LogP contribution in [0.1, 0.15) is 10.4 Å². The molecular formula is C11H13BrN2O3. The maximum absolute atomic E-state index is 11.6. The number of hydrogen-bond donors (Lipinski definition) is 2. The fourth-order valence-electron chi connectivity index (χ4n) is 1.06. The van der Waals surface area contributed by atoms with Crippen LogP contribution in [-0.2, 0) is 9.53 Å². The van der Waals surface area contributed by atoms with E-state index in [1.54, 1.807) is 24.3 Å². The predicted molar refractivity (Wildman–Crippen MR) is 66.5 cm³/mol. The third kappa shape index (κ3) is 4.26. The molecule has 0 heterocycles. The molecule has 0 bridgehead atoms. The Morgan fingerprint density at radius 3 is 2.41 bits per heavy atom. The minimum absolute atomic E-state index is 0.00862. The SMILES string of the molecule is NCC(N)C(=O)OCC(=O)c1ccc(Br)cc1. The molecule has 4 N–H and O–H groups in total. The van der Waals surface area contributed by atoms with Crippen LogP contribution in [0.3, 0.4) is 0 Å². The number of nitrogens with two attached hydrogens (primary N) is 2. The van der Waals surface area contributed by atoms with E-state index >= 15 is 0 Å². The lowest BCUT2D eigenvalue weighted by molar-refractivity contribution is -0.143. The van der Waals surface area contributed by atoms with Crippen molar-refractivity contribution >= 4 is 27.7 Å². The van der Waals surface area contributed by atoms with E-state index in [1.165, 1.54) is 0 Å². The van der Waals surface area contributed by atoms with E-state index in [9.17, 15) is 9.59 Å². The lowest BCUT2D eigenvalue weighted by Crippen LogP contribution is -2.39. The van der Waals surface area contributed by atoms with E-state index in [1.807, 2.05) is 0 Å². The highest BCUT2D eigenvalue weighted by Crippen LogP contribution is 2.11. The Morgan fingerprint density at radius 2 is 1.88 bits per heavy atom. The van der Waals surface area contributed by atoms with Crippen molar-refractivity contribution in [3.63, 3.8) is 0 Å². The van der Waals surface area contributed by atoms with Crippen molar-refractivity contribution in [2.24, 2.45) is 11.5 Å². The van der Waals surface area contributed by atoms with Crippen LogP contribution in [0.15, 0.2) is 28.7 Å². The molecule has 17 heavy (non-hydrogen) atoms. The van der Waals surface area contributed by atoms with Crippen LogP contribution in [0, 0.1) is 0 Å². The van der Waals surface area contributed by atoms with E-state index < -0.39 is 12.0 Å². The highest BCUT2D eigenvalue weighted by atomic mass is 79.9. The van der Waals surface area contributed by atoms with Gasteiger partial charge in [-0.1, -0.05) is 28.1 Å². The maximum atomic E-state index is 11.6. The Morgan fingerprint density at radius 1 is 1.29 bits per heavy atom. The van der Waals surface area contributed by atoms with Gasteiger partial charge in [-0.05, 0) is 12.1 Å². The number of carbonyl (C=O) groups excluding carboxylic acids is 2. The number of hydrogen-bond acceptors (Lipinski definition) is 5. The highest BCUT2D eigenvalue weighted by Gasteiger charge is 2.15. The summed E-state index contributed by atoms with van der Waals surface area (Å²) in [5.74, 6) is -0.951. The molecule has 0 saturated carbocycles. The van der Waals surface area contributed by atoms with Crippen LogP contribution >= 0.6 is 15.9 Å². The van der Waals surface area contributed by atoms with Gasteiger partial charge in [0.05, 0.1) is 0 Å². The molecule has 1 aromatic rings. The molecule has 0 saturated heterocycles. The zero-order valence-electron chi connectivity index (χ0n) is 9.06. The van der Waals surface area contributed by atoms with Crippen LogP contribution < -0.4 is 11.5 Å². The van der Waals surface area contributed by atoms with Crippen LogP contribution in [-0.4, -0.2) is 30.9 Å². The molecule has 1 unspecified atom stereocenters. The second-order valence-electron chi connectivity index (χ2n) is 3.38. The van der Waals surface area contributed by atoms with Crippen LogP contribution in [0.25, 0.3) is 0 Å². The summed E-state index contributed by atoms with van der Waals surface area (Å²) in [6, 6.07) is 5.88. The minimum atomic E-state index is -0.882. The first-order valence-corrected chi connectivity index (χ1v) is 5.75. The third-order valence-electron chi connectivity index (χ3n) is 2.07. The Bertz CT molecular complexity index is 406. The van der Waals surface area contributed by atoms with Gasteiger partial charge in [-0.2, -0.15) is 0 Å². The van der Waals surface area contributed by atoms with Gasteiger partial charge in [-0.25, -0.2) is 0 Å². The average molecular weight is 301 g/mol. The molecule has 92 valence electrons. The van der Waals surface area contributed by atoms with Gasteiger partial charge in [0.25, 0.3) is 0 Å². The number of carbonyl (C=O) groups is 2. The van der Waals surface area contributed by atoms with Gasteiger partial charge in [-0.3, -0.25) is 9.59 Å². The van der Waals surface area contributed by atoms with Gasteiger partial charge in [0.15, 0.2) is 12.4 Å². The smallest absolute Gasteiger partial charge is 0.324 e. The maximum Gasteiger partial charge on any atom is 0.324 e. The number of halogens is 1. The third-order valence-corrected chi connectivity index (χ3v) is 2.60. The Balaban J connectivity index is 2.50. The van der Waals surface area contributed by atoms with Gasteiger partial charge >= 0.3 is 5.97 Å². The number of Topliss-reactive ketones (excluding diaryl/α,β-unsaturated/α-hetero) is 1. The Hall–Kier alpha value is -1.24. The molecule has 1 rings (SSSR count). The van der Waals surface area contributed by atoms with Crippen molar-refractivity contribution in [2.75, 3.05) is 13.2 Å². The van der Waals surface area contributed by atoms with Gasteiger partial charge in [0.2, 0.25) is 0 Å². The van der Waals surface area contributed by atoms with Crippen molar-refractivity contribution in [1.82, 2.24) is 0 Å². The van der Waals surface area contributed by atoms with Crippen LogP contribution in [0.2, 0.25) is 0 Å². The van der Waals surface area contributed by atoms with E-state index in [2.05, 4.69) is 15.9 Å². The van der Waals surface area contributed by atoms with Crippen molar-refractivity contribution in [3.05, 3.63) is 34.3 Å². The summed E-state index contributed by atoms with van der Waals surface area (Å²) >= 11 is 3.26. The first-order valence-electron chi connectivity index (χ1n) is 4.95. The summed E-state index contributed by atoms with van der Waals surface area (Å²) < 4.78 is 5.61. The Kier molecular flexibility index (Phi) is 5.27. The topological polar surface area (TPSA) is 95.4 Å². The van der Waals surface area contributed by atoms with Crippen molar-refractivity contribution < 1.29 is 14.3 Å². The van der Waals surface area contributed by atoms with E-state index in [-0.39, 0.29) is 18.9 Å². The summed E-state index contributed by atoms with van der Waals surface area (Å²) in [5.41, 5.74) is 11.0. The zero-order valence-corrected chi connectivity index (χ0v) is 10.6. The van der Waals surface area contributed by atoms with Gasteiger partial charge in [-0.15, -0.1) is 0 Å². The standard InChI is InChI=1S/C11H13BrN2O3/c12-8-3-1-7(2-4-8)10(15)6-17-11(16)9(14)5-13/h1-4,9H,5-6,13-14H2. The molecule has 0 aromatic heterocycles. The largest absolute Gasteiger partial charge is 0.456 e. The highest BCUT2D eigenvalue weighted by molar-refractivity contribution is 9.10. The Labute approximate surface area is 107 Å². The van der Waals surface area contributed by atoms with Crippen molar-refractivity contribution in [2.45, 2.75) is 6.04 Å². The summed E-state index contributed by atoms with van der Waals surface area (Å²) in [5, 5.41) is 0.